The summed E-state index contributed by atoms with van der Waals surface area (Å²) in [5, 5.41) is 9.16. The number of guanidine groups is 1. The van der Waals surface area contributed by atoms with Gasteiger partial charge in [-0.2, -0.15) is 0 Å². The second-order valence-electron chi connectivity index (χ2n) is 5.24. The Balaban J connectivity index is 0.00000208. The lowest BCUT2D eigenvalue weighted by atomic mass is 10.0. The van der Waals surface area contributed by atoms with Gasteiger partial charge < -0.3 is 10.6 Å². The molecule has 1 aromatic heterocycles. The molecule has 0 aliphatic rings. The molecule has 124 valence electrons. The van der Waals surface area contributed by atoms with Crippen molar-refractivity contribution in [2.45, 2.75) is 13.1 Å². The molecule has 0 bridgehead atoms. The Hall–Kier alpha value is -2.15. The number of aliphatic imine (C=N–C) groups is 1. The van der Waals surface area contributed by atoms with E-state index in [1.807, 2.05) is 18.2 Å². The summed E-state index contributed by atoms with van der Waals surface area (Å²) in [6, 6.07) is 20.7. The van der Waals surface area contributed by atoms with Gasteiger partial charge in [-0.15, -0.1) is 24.0 Å². The Labute approximate surface area is 159 Å². The van der Waals surface area contributed by atoms with Crippen molar-refractivity contribution in [2.24, 2.45) is 4.99 Å². The van der Waals surface area contributed by atoms with E-state index in [0.717, 1.165) is 18.2 Å². The quantitative estimate of drug-likeness (QED) is 0.376. The van der Waals surface area contributed by atoms with E-state index >= 15 is 0 Å². The first kappa shape index (κ1) is 18.2. The van der Waals surface area contributed by atoms with Crippen LogP contribution < -0.4 is 10.6 Å². The molecule has 0 amide bonds. The summed E-state index contributed by atoms with van der Waals surface area (Å²) in [7, 11) is 1.77. The van der Waals surface area contributed by atoms with Crippen LogP contribution in [-0.2, 0) is 13.1 Å². The van der Waals surface area contributed by atoms with Gasteiger partial charge in [0, 0.05) is 19.8 Å². The van der Waals surface area contributed by atoms with Crippen molar-refractivity contribution in [3.63, 3.8) is 0 Å². The molecule has 2 N–H and O–H groups in total. The number of aromatic nitrogens is 1. The van der Waals surface area contributed by atoms with Crippen molar-refractivity contribution in [2.75, 3.05) is 7.05 Å². The molecule has 0 radical (unpaired) electrons. The van der Waals surface area contributed by atoms with Crippen LogP contribution in [0.25, 0.3) is 10.8 Å². The lowest BCUT2D eigenvalue weighted by molar-refractivity contribution is 0.796. The van der Waals surface area contributed by atoms with E-state index in [1.54, 1.807) is 13.2 Å². The summed E-state index contributed by atoms with van der Waals surface area (Å²) in [5.74, 6) is 0.767. The number of nitrogens with one attached hydrogen (secondary N) is 2. The average molecular weight is 432 g/mol. The maximum absolute atomic E-state index is 4.30. The highest BCUT2D eigenvalue weighted by atomic mass is 127. The van der Waals surface area contributed by atoms with Gasteiger partial charge in [0.25, 0.3) is 0 Å². The normalized spacial score (nSPS) is 11.0. The molecule has 0 aliphatic heterocycles. The van der Waals surface area contributed by atoms with Crippen molar-refractivity contribution in [1.29, 1.82) is 0 Å². The van der Waals surface area contributed by atoms with Gasteiger partial charge in [0.2, 0.25) is 0 Å². The fourth-order valence-corrected chi connectivity index (χ4v) is 2.52. The molecule has 5 heteroatoms. The van der Waals surface area contributed by atoms with E-state index in [-0.39, 0.29) is 24.0 Å². The average Bonchev–Trinajstić information content (AvgIpc) is 2.63. The van der Waals surface area contributed by atoms with Crippen LogP contribution in [0.3, 0.4) is 0 Å². The molecular formula is C19H21IN4. The van der Waals surface area contributed by atoms with Gasteiger partial charge in [-0.3, -0.25) is 9.98 Å². The minimum Gasteiger partial charge on any atom is -0.352 e. The minimum atomic E-state index is 0. The fourth-order valence-electron chi connectivity index (χ4n) is 2.52. The number of hydrogen-bond donors (Lipinski definition) is 2. The minimum absolute atomic E-state index is 0. The Kier molecular flexibility index (Phi) is 6.99. The van der Waals surface area contributed by atoms with E-state index in [0.29, 0.717) is 6.54 Å². The lowest BCUT2D eigenvalue weighted by Gasteiger charge is -2.13. The van der Waals surface area contributed by atoms with E-state index in [1.165, 1.54) is 16.3 Å². The zero-order chi connectivity index (χ0) is 15.9. The number of halogens is 1. The zero-order valence-electron chi connectivity index (χ0n) is 13.6. The van der Waals surface area contributed by atoms with Crippen LogP contribution in [0.2, 0.25) is 0 Å². The molecule has 2 aromatic carbocycles. The fraction of sp³-hybridized carbons (Fsp3) is 0.158. The molecule has 0 unspecified atom stereocenters. The molecule has 0 spiro atoms. The SMILES string of the molecule is CN=C(NCc1ccccn1)NCc1cccc2ccccc12.I. The highest BCUT2D eigenvalue weighted by Gasteiger charge is 2.02. The highest BCUT2D eigenvalue weighted by Crippen LogP contribution is 2.18. The Bertz CT molecular complexity index is 797. The highest BCUT2D eigenvalue weighted by molar-refractivity contribution is 14.0. The molecule has 0 atom stereocenters. The van der Waals surface area contributed by atoms with Crippen molar-refractivity contribution in [3.05, 3.63) is 78.1 Å². The smallest absolute Gasteiger partial charge is 0.191 e. The van der Waals surface area contributed by atoms with Crippen molar-refractivity contribution >= 4 is 40.7 Å². The van der Waals surface area contributed by atoms with E-state index in [4.69, 9.17) is 0 Å². The lowest BCUT2D eigenvalue weighted by Crippen LogP contribution is -2.36. The number of rotatable bonds is 4. The van der Waals surface area contributed by atoms with Gasteiger partial charge in [-0.1, -0.05) is 48.5 Å². The van der Waals surface area contributed by atoms with Gasteiger partial charge in [0.15, 0.2) is 5.96 Å². The summed E-state index contributed by atoms with van der Waals surface area (Å²) < 4.78 is 0. The van der Waals surface area contributed by atoms with Crippen LogP contribution in [0.15, 0.2) is 71.9 Å². The first-order chi connectivity index (χ1) is 11.4. The first-order valence-corrected chi connectivity index (χ1v) is 7.68. The van der Waals surface area contributed by atoms with Crippen molar-refractivity contribution in [1.82, 2.24) is 15.6 Å². The number of pyridine rings is 1. The molecule has 0 saturated carbocycles. The van der Waals surface area contributed by atoms with Crippen LogP contribution in [0.4, 0.5) is 0 Å². The second kappa shape index (κ2) is 9.22. The van der Waals surface area contributed by atoms with Crippen LogP contribution in [0.5, 0.6) is 0 Å². The molecule has 3 rings (SSSR count). The van der Waals surface area contributed by atoms with Crippen molar-refractivity contribution in [3.8, 4) is 0 Å². The summed E-state index contributed by atoms with van der Waals surface area (Å²) >= 11 is 0. The van der Waals surface area contributed by atoms with Crippen LogP contribution in [0.1, 0.15) is 11.3 Å². The molecule has 24 heavy (non-hydrogen) atoms. The van der Waals surface area contributed by atoms with Gasteiger partial charge in [-0.05, 0) is 28.5 Å². The number of hydrogen-bond acceptors (Lipinski definition) is 2. The third-order valence-corrected chi connectivity index (χ3v) is 3.71. The predicted octanol–water partition coefficient (Wildman–Crippen LogP) is 3.72. The maximum Gasteiger partial charge on any atom is 0.191 e. The largest absolute Gasteiger partial charge is 0.352 e. The molecular weight excluding hydrogens is 411 g/mol. The number of benzene rings is 2. The Morgan fingerprint density at radius 3 is 2.46 bits per heavy atom. The van der Waals surface area contributed by atoms with Crippen LogP contribution in [0, 0.1) is 0 Å². The maximum atomic E-state index is 4.30. The van der Waals surface area contributed by atoms with Crippen LogP contribution in [-0.4, -0.2) is 18.0 Å². The van der Waals surface area contributed by atoms with E-state index < -0.39 is 0 Å². The standard InChI is InChI=1S/C19H20N4.HI/c1-20-19(23-14-17-10-4-5-12-21-17)22-13-16-9-6-8-15-7-2-3-11-18(15)16;/h2-12H,13-14H2,1H3,(H2,20,22,23);1H. The third kappa shape index (κ3) is 4.67. The Morgan fingerprint density at radius 2 is 1.67 bits per heavy atom. The summed E-state index contributed by atoms with van der Waals surface area (Å²) in [5.41, 5.74) is 2.24. The second-order valence-corrected chi connectivity index (χ2v) is 5.24. The van der Waals surface area contributed by atoms with Gasteiger partial charge in [-0.25, -0.2) is 0 Å². The zero-order valence-corrected chi connectivity index (χ0v) is 15.9. The van der Waals surface area contributed by atoms with Gasteiger partial charge in [0.05, 0.1) is 12.2 Å². The third-order valence-electron chi connectivity index (χ3n) is 3.71. The number of nitrogens with zero attached hydrogens (tertiary/aromatic N) is 2. The molecule has 4 nitrogen and oxygen atoms in total. The predicted molar refractivity (Wildman–Crippen MR) is 111 cm³/mol. The molecule has 0 aliphatic carbocycles. The van der Waals surface area contributed by atoms with Gasteiger partial charge in [0.1, 0.15) is 0 Å². The van der Waals surface area contributed by atoms with Gasteiger partial charge >= 0.3 is 0 Å². The summed E-state index contributed by atoms with van der Waals surface area (Å²) in [4.78, 5) is 8.56. The molecule has 1 heterocycles. The van der Waals surface area contributed by atoms with E-state index in [2.05, 4.69) is 63.1 Å². The molecule has 0 fully saturated rings. The first-order valence-electron chi connectivity index (χ1n) is 7.68. The summed E-state index contributed by atoms with van der Waals surface area (Å²) in [6.07, 6.45) is 1.79. The van der Waals surface area contributed by atoms with Crippen molar-refractivity contribution < 1.29 is 0 Å². The number of fused-ring (bicyclic) bond motifs is 1. The Morgan fingerprint density at radius 1 is 0.917 bits per heavy atom. The molecule has 3 aromatic rings. The van der Waals surface area contributed by atoms with Crippen LogP contribution >= 0.6 is 24.0 Å². The summed E-state index contributed by atoms with van der Waals surface area (Å²) in [6.45, 7) is 1.37. The molecule has 0 saturated heterocycles. The van der Waals surface area contributed by atoms with E-state index in [9.17, 15) is 0 Å². The monoisotopic (exact) mass is 432 g/mol. The topological polar surface area (TPSA) is 49.3 Å².